The third-order valence-corrected chi connectivity index (χ3v) is 7.09. The molecule has 0 saturated heterocycles. The minimum Gasteiger partial charge on any atom is -0.481 e. The van der Waals surface area contributed by atoms with Crippen molar-refractivity contribution in [3.05, 3.63) is 12.2 Å². The van der Waals surface area contributed by atoms with E-state index in [0.29, 0.717) is 17.9 Å². The molecule has 5 rings (SSSR count). The van der Waals surface area contributed by atoms with Crippen molar-refractivity contribution < 1.29 is 14.7 Å². The van der Waals surface area contributed by atoms with Gasteiger partial charge in [0.25, 0.3) is 0 Å². The fraction of sp³-hybridized carbons (Fsp3) is 0.765. The van der Waals surface area contributed by atoms with Gasteiger partial charge in [0.1, 0.15) is 0 Å². The predicted molar refractivity (Wildman–Crippen MR) is 75.1 cm³/mol. The molecule has 4 saturated carbocycles. The van der Waals surface area contributed by atoms with E-state index in [1.165, 1.54) is 19.3 Å². The lowest BCUT2D eigenvalue weighted by molar-refractivity contribution is -0.147. The molecule has 0 spiro atoms. The number of amides is 1. The summed E-state index contributed by atoms with van der Waals surface area (Å²) in [6, 6.07) is 0.362. The minimum absolute atomic E-state index is 0.0121. The fourth-order valence-electron chi connectivity index (χ4n) is 6.30. The average molecular weight is 287 g/mol. The van der Waals surface area contributed by atoms with Crippen LogP contribution < -0.4 is 5.32 Å². The van der Waals surface area contributed by atoms with Crippen LogP contribution in [0, 0.1) is 47.3 Å². The molecule has 5 aliphatic carbocycles. The lowest BCUT2D eigenvalue weighted by Crippen LogP contribution is -2.42. The first-order valence-corrected chi connectivity index (χ1v) is 8.36. The summed E-state index contributed by atoms with van der Waals surface area (Å²) in [6.45, 7) is 0. The zero-order valence-electron chi connectivity index (χ0n) is 11.9. The molecule has 21 heavy (non-hydrogen) atoms. The van der Waals surface area contributed by atoms with Crippen LogP contribution in [0.15, 0.2) is 12.2 Å². The van der Waals surface area contributed by atoms with Crippen LogP contribution >= 0.6 is 0 Å². The SMILES string of the molecule is O=C(O)[C@@H]1C2C=CC(C2)[C@@H]1C(=O)NC1C2C3CCC(C3)C12. The summed E-state index contributed by atoms with van der Waals surface area (Å²) in [5.41, 5.74) is 0. The maximum Gasteiger partial charge on any atom is 0.307 e. The van der Waals surface area contributed by atoms with E-state index in [1.807, 2.05) is 6.08 Å². The van der Waals surface area contributed by atoms with Crippen LogP contribution in [0.3, 0.4) is 0 Å². The molecule has 8 atom stereocenters. The van der Waals surface area contributed by atoms with Gasteiger partial charge in [-0.1, -0.05) is 12.2 Å². The molecule has 4 bridgehead atoms. The van der Waals surface area contributed by atoms with Crippen molar-refractivity contribution in [2.24, 2.45) is 47.3 Å². The second-order valence-corrected chi connectivity index (χ2v) is 7.86. The number of hydrogen-bond acceptors (Lipinski definition) is 2. The quantitative estimate of drug-likeness (QED) is 0.776. The third kappa shape index (κ3) is 1.51. The normalized spacial score (nSPS) is 54.8. The van der Waals surface area contributed by atoms with Crippen molar-refractivity contribution >= 4 is 11.9 Å². The molecule has 0 aromatic rings. The molecule has 0 aromatic heterocycles. The molecule has 0 radical (unpaired) electrons. The highest BCUT2D eigenvalue weighted by Crippen LogP contribution is 2.65. The van der Waals surface area contributed by atoms with Crippen molar-refractivity contribution in [2.75, 3.05) is 0 Å². The Labute approximate surface area is 124 Å². The molecular formula is C17H21NO3. The van der Waals surface area contributed by atoms with Gasteiger partial charge < -0.3 is 10.4 Å². The molecular weight excluding hydrogens is 266 g/mol. The number of fused-ring (bicyclic) bond motifs is 7. The summed E-state index contributed by atoms with van der Waals surface area (Å²) in [7, 11) is 0. The van der Waals surface area contributed by atoms with Crippen LogP contribution in [0.4, 0.5) is 0 Å². The fourth-order valence-corrected chi connectivity index (χ4v) is 6.30. The largest absolute Gasteiger partial charge is 0.481 e. The maximum atomic E-state index is 12.7. The van der Waals surface area contributed by atoms with Crippen molar-refractivity contribution in [3.8, 4) is 0 Å². The Morgan fingerprint density at radius 3 is 2.19 bits per heavy atom. The lowest BCUT2D eigenvalue weighted by atomic mass is 9.82. The van der Waals surface area contributed by atoms with Gasteiger partial charge in [-0.05, 0) is 61.2 Å². The van der Waals surface area contributed by atoms with Gasteiger partial charge in [-0.3, -0.25) is 9.59 Å². The first-order chi connectivity index (χ1) is 10.1. The zero-order chi connectivity index (χ0) is 14.3. The van der Waals surface area contributed by atoms with E-state index in [0.717, 1.165) is 18.3 Å². The van der Waals surface area contributed by atoms with Crippen LogP contribution in [0.2, 0.25) is 0 Å². The number of allylic oxidation sites excluding steroid dienone is 2. The number of rotatable bonds is 3. The van der Waals surface area contributed by atoms with Crippen LogP contribution in [0.25, 0.3) is 0 Å². The van der Waals surface area contributed by atoms with Gasteiger partial charge in [0, 0.05) is 6.04 Å². The summed E-state index contributed by atoms with van der Waals surface area (Å²) >= 11 is 0. The Kier molecular flexibility index (Phi) is 2.28. The number of carboxylic acid groups (broad SMARTS) is 1. The molecule has 2 N–H and O–H groups in total. The van der Waals surface area contributed by atoms with Gasteiger partial charge >= 0.3 is 5.97 Å². The standard InChI is InChI=1S/C17H21NO3/c19-16(13-9-3-4-10(6-9)14(13)17(20)21)18-15-11-7-1-2-8(5-7)12(11)15/h3-4,7-15H,1-2,5-6H2,(H,18,19)(H,20,21)/t7?,8?,9?,10?,11?,12?,13-,14+,15?/m0/s1. The van der Waals surface area contributed by atoms with E-state index >= 15 is 0 Å². The highest BCUT2D eigenvalue weighted by Gasteiger charge is 2.66. The van der Waals surface area contributed by atoms with Gasteiger partial charge in [-0.2, -0.15) is 0 Å². The van der Waals surface area contributed by atoms with Gasteiger partial charge in [0.15, 0.2) is 0 Å². The van der Waals surface area contributed by atoms with Crippen LogP contribution in [0.5, 0.6) is 0 Å². The van der Waals surface area contributed by atoms with E-state index in [-0.39, 0.29) is 23.7 Å². The van der Waals surface area contributed by atoms with Crippen LogP contribution in [-0.4, -0.2) is 23.0 Å². The monoisotopic (exact) mass is 287 g/mol. The Morgan fingerprint density at radius 1 is 0.952 bits per heavy atom. The first-order valence-electron chi connectivity index (χ1n) is 8.36. The number of carboxylic acids is 1. The number of aliphatic carboxylic acids is 1. The number of hydrogen-bond donors (Lipinski definition) is 2. The first kappa shape index (κ1) is 12.2. The predicted octanol–water partition coefficient (Wildman–Crippen LogP) is 1.67. The molecule has 0 heterocycles. The Hall–Kier alpha value is -1.32. The topological polar surface area (TPSA) is 66.4 Å². The third-order valence-electron chi connectivity index (χ3n) is 7.09. The Bertz CT molecular complexity index is 540. The number of carbonyl (C=O) groups excluding carboxylic acids is 1. The van der Waals surface area contributed by atoms with Gasteiger partial charge in [-0.15, -0.1) is 0 Å². The smallest absolute Gasteiger partial charge is 0.307 e. The highest BCUT2D eigenvalue weighted by molar-refractivity contribution is 5.87. The van der Waals surface area contributed by atoms with Gasteiger partial charge in [-0.25, -0.2) is 0 Å². The van der Waals surface area contributed by atoms with Crippen molar-refractivity contribution in [2.45, 2.75) is 31.7 Å². The Balaban J connectivity index is 1.31. The lowest BCUT2D eigenvalue weighted by Gasteiger charge is -2.24. The number of carbonyl (C=O) groups is 2. The molecule has 5 aliphatic rings. The molecule has 4 heteroatoms. The van der Waals surface area contributed by atoms with Crippen molar-refractivity contribution in [1.29, 1.82) is 0 Å². The van der Waals surface area contributed by atoms with E-state index in [1.54, 1.807) is 0 Å². The van der Waals surface area contributed by atoms with Gasteiger partial charge in [0.2, 0.25) is 5.91 Å². The summed E-state index contributed by atoms with van der Waals surface area (Å²) in [6.07, 6.45) is 8.96. The molecule has 0 aliphatic heterocycles. The van der Waals surface area contributed by atoms with Crippen molar-refractivity contribution in [1.82, 2.24) is 5.32 Å². The van der Waals surface area contributed by atoms with E-state index in [9.17, 15) is 14.7 Å². The summed E-state index contributed by atoms with van der Waals surface area (Å²) in [5, 5.41) is 12.7. The molecule has 6 unspecified atom stereocenters. The molecule has 0 aromatic carbocycles. The summed E-state index contributed by atoms with van der Waals surface area (Å²) in [4.78, 5) is 24.2. The van der Waals surface area contributed by atoms with Gasteiger partial charge in [0.05, 0.1) is 11.8 Å². The van der Waals surface area contributed by atoms with Crippen LogP contribution in [-0.2, 0) is 9.59 Å². The average Bonchev–Trinajstić information content (AvgIpc) is 2.99. The maximum absolute atomic E-state index is 12.7. The summed E-state index contributed by atoms with van der Waals surface area (Å²) < 4.78 is 0. The minimum atomic E-state index is -0.803. The molecule has 4 fully saturated rings. The molecule has 4 nitrogen and oxygen atoms in total. The van der Waals surface area contributed by atoms with Crippen LogP contribution in [0.1, 0.15) is 25.7 Å². The highest BCUT2D eigenvalue weighted by atomic mass is 16.4. The van der Waals surface area contributed by atoms with Crippen molar-refractivity contribution in [3.63, 3.8) is 0 Å². The van der Waals surface area contributed by atoms with E-state index < -0.39 is 11.9 Å². The number of nitrogens with one attached hydrogen (secondary N) is 1. The molecule has 1 amide bonds. The zero-order valence-corrected chi connectivity index (χ0v) is 11.9. The summed E-state index contributed by atoms with van der Waals surface area (Å²) in [5.74, 6) is 1.67. The molecule has 112 valence electrons. The second-order valence-electron chi connectivity index (χ2n) is 7.86. The second kappa shape index (κ2) is 3.90. The van der Waals surface area contributed by atoms with E-state index in [2.05, 4.69) is 11.4 Å². The van der Waals surface area contributed by atoms with E-state index in [4.69, 9.17) is 0 Å². The Morgan fingerprint density at radius 2 is 1.57 bits per heavy atom.